The smallest absolute Gasteiger partial charge is 0.0115 e. The van der Waals surface area contributed by atoms with Crippen LogP contribution in [-0.2, 0) is 0 Å². The van der Waals surface area contributed by atoms with E-state index in [0.717, 1.165) is 5.92 Å². The molecule has 10 heavy (non-hydrogen) atoms. The average Bonchev–Trinajstić information content (AvgIpc) is 2.59. The van der Waals surface area contributed by atoms with Gasteiger partial charge in [-0.25, -0.2) is 0 Å². The summed E-state index contributed by atoms with van der Waals surface area (Å²) in [5.41, 5.74) is 0. The van der Waals surface area contributed by atoms with Crippen LogP contribution >= 0.6 is 11.3 Å². The van der Waals surface area contributed by atoms with Crippen LogP contribution in [0.3, 0.4) is 0 Å². The van der Waals surface area contributed by atoms with Crippen molar-refractivity contribution in [3.05, 3.63) is 34.5 Å². The van der Waals surface area contributed by atoms with Crippen molar-refractivity contribution >= 4 is 11.3 Å². The van der Waals surface area contributed by atoms with Crippen LogP contribution in [0.1, 0.15) is 23.6 Å². The van der Waals surface area contributed by atoms with E-state index in [2.05, 4.69) is 29.7 Å². The zero-order valence-electron chi connectivity index (χ0n) is 5.79. The van der Waals surface area contributed by atoms with Crippen molar-refractivity contribution in [3.8, 4) is 0 Å². The molecule has 0 radical (unpaired) electrons. The van der Waals surface area contributed by atoms with Crippen molar-refractivity contribution in [3.63, 3.8) is 0 Å². The lowest BCUT2D eigenvalue weighted by Crippen LogP contribution is -1.83. The van der Waals surface area contributed by atoms with Gasteiger partial charge in [0.1, 0.15) is 0 Å². The Bertz CT molecular complexity index is 221. The Hall–Kier alpha value is -0.560. The molecule has 1 aromatic rings. The molecule has 0 bridgehead atoms. The third kappa shape index (κ3) is 1.01. The maximum absolute atomic E-state index is 2.33. The lowest BCUT2D eigenvalue weighted by atomic mass is 10.1. The summed E-state index contributed by atoms with van der Waals surface area (Å²) in [4.78, 5) is 1.52. The van der Waals surface area contributed by atoms with Crippen LogP contribution in [-0.4, -0.2) is 0 Å². The second-order valence-electron chi connectivity index (χ2n) is 2.63. The van der Waals surface area contributed by atoms with Crippen molar-refractivity contribution in [2.24, 2.45) is 0 Å². The first kappa shape index (κ1) is 6.17. The number of hydrogen-bond acceptors (Lipinski definition) is 1. The molecular weight excluding hydrogens is 140 g/mol. The number of thiophene rings is 1. The summed E-state index contributed by atoms with van der Waals surface area (Å²) in [7, 11) is 0. The topological polar surface area (TPSA) is 0 Å². The molecule has 0 amide bonds. The summed E-state index contributed by atoms with van der Waals surface area (Å²) in [6.07, 6.45) is 7.19. The van der Waals surface area contributed by atoms with Gasteiger partial charge >= 0.3 is 0 Å². The van der Waals surface area contributed by atoms with Crippen molar-refractivity contribution in [1.82, 2.24) is 0 Å². The van der Waals surface area contributed by atoms with Gasteiger partial charge in [0.2, 0.25) is 0 Å². The van der Waals surface area contributed by atoms with Crippen LogP contribution in [0.2, 0.25) is 0 Å². The molecule has 0 N–H and O–H groups in total. The van der Waals surface area contributed by atoms with Gasteiger partial charge in [-0.05, 0) is 24.3 Å². The fourth-order valence-corrected chi connectivity index (χ4v) is 2.21. The largest absolute Gasteiger partial charge is 0.148 e. The molecule has 0 aromatic carbocycles. The molecule has 1 aromatic heterocycles. The van der Waals surface area contributed by atoms with Crippen LogP contribution in [0.5, 0.6) is 0 Å². The van der Waals surface area contributed by atoms with E-state index in [9.17, 15) is 0 Å². The second kappa shape index (κ2) is 2.59. The number of hydrogen-bond donors (Lipinski definition) is 0. The third-order valence-corrected chi connectivity index (χ3v) is 2.93. The molecule has 52 valence electrons. The lowest BCUT2D eigenvalue weighted by molar-refractivity contribution is 0.815. The van der Waals surface area contributed by atoms with Crippen molar-refractivity contribution < 1.29 is 0 Å². The summed E-state index contributed by atoms with van der Waals surface area (Å²) in [6.45, 7) is 0. The molecule has 0 aliphatic heterocycles. The second-order valence-corrected chi connectivity index (χ2v) is 3.61. The Morgan fingerprint density at radius 2 is 2.50 bits per heavy atom. The predicted molar refractivity (Wildman–Crippen MR) is 45.4 cm³/mol. The minimum Gasteiger partial charge on any atom is -0.148 e. The first-order valence-electron chi connectivity index (χ1n) is 3.67. The molecule has 1 aliphatic rings. The lowest BCUT2D eigenvalue weighted by Gasteiger charge is -2.01. The molecule has 0 saturated heterocycles. The molecule has 2 rings (SSSR count). The van der Waals surface area contributed by atoms with Gasteiger partial charge in [-0.2, -0.15) is 0 Å². The molecule has 1 heterocycles. The molecule has 0 spiro atoms. The molecule has 1 heteroatoms. The van der Waals surface area contributed by atoms with Gasteiger partial charge in [-0.3, -0.25) is 0 Å². The standard InChI is InChI=1S/C9H10S/c1-2-5-8(4-1)9-6-3-7-10-9/h1,3-4,6-8H,2,5H2/t8-/m0/s1. The summed E-state index contributed by atoms with van der Waals surface area (Å²) in [5, 5.41) is 2.15. The Balaban J connectivity index is 2.20. The van der Waals surface area contributed by atoms with Crippen LogP contribution < -0.4 is 0 Å². The minimum absolute atomic E-state index is 0.736. The van der Waals surface area contributed by atoms with Crippen LogP contribution in [0.25, 0.3) is 0 Å². The summed E-state index contributed by atoms with van der Waals surface area (Å²) in [5.74, 6) is 0.736. The zero-order valence-corrected chi connectivity index (χ0v) is 6.60. The molecular formula is C9H10S. The summed E-state index contributed by atoms with van der Waals surface area (Å²) in [6, 6.07) is 4.36. The van der Waals surface area contributed by atoms with E-state index in [4.69, 9.17) is 0 Å². The molecule has 1 aliphatic carbocycles. The highest BCUT2D eigenvalue weighted by Gasteiger charge is 2.11. The fourth-order valence-electron chi connectivity index (χ4n) is 1.37. The number of allylic oxidation sites excluding steroid dienone is 2. The number of rotatable bonds is 1. The highest BCUT2D eigenvalue weighted by molar-refractivity contribution is 7.10. The van der Waals surface area contributed by atoms with Gasteiger partial charge in [0.05, 0.1) is 0 Å². The maximum Gasteiger partial charge on any atom is 0.0115 e. The van der Waals surface area contributed by atoms with Crippen LogP contribution in [0.15, 0.2) is 29.7 Å². The summed E-state index contributed by atoms with van der Waals surface area (Å²) < 4.78 is 0. The zero-order chi connectivity index (χ0) is 6.81. The van der Waals surface area contributed by atoms with E-state index < -0.39 is 0 Å². The van der Waals surface area contributed by atoms with Gasteiger partial charge in [0.15, 0.2) is 0 Å². The van der Waals surface area contributed by atoms with E-state index in [1.807, 2.05) is 11.3 Å². The van der Waals surface area contributed by atoms with Gasteiger partial charge in [-0.1, -0.05) is 18.2 Å². The van der Waals surface area contributed by atoms with Gasteiger partial charge in [-0.15, -0.1) is 11.3 Å². The van der Waals surface area contributed by atoms with E-state index in [-0.39, 0.29) is 0 Å². The Morgan fingerprint density at radius 1 is 1.50 bits per heavy atom. The van der Waals surface area contributed by atoms with Gasteiger partial charge < -0.3 is 0 Å². The monoisotopic (exact) mass is 150 g/mol. The highest BCUT2D eigenvalue weighted by atomic mass is 32.1. The Labute approximate surface area is 65.2 Å². The third-order valence-electron chi connectivity index (χ3n) is 1.92. The van der Waals surface area contributed by atoms with Crippen molar-refractivity contribution in [2.75, 3.05) is 0 Å². The normalized spacial score (nSPS) is 23.8. The first-order valence-corrected chi connectivity index (χ1v) is 4.55. The minimum atomic E-state index is 0.736. The van der Waals surface area contributed by atoms with E-state index in [0.29, 0.717) is 0 Å². The molecule has 0 saturated carbocycles. The average molecular weight is 150 g/mol. The van der Waals surface area contributed by atoms with Crippen molar-refractivity contribution in [2.45, 2.75) is 18.8 Å². The molecule has 0 unspecified atom stereocenters. The van der Waals surface area contributed by atoms with Crippen LogP contribution in [0, 0.1) is 0 Å². The molecule has 1 atom stereocenters. The fraction of sp³-hybridized carbons (Fsp3) is 0.333. The maximum atomic E-state index is 2.33. The van der Waals surface area contributed by atoms with E-state index in [1.165, 1.54) is 17.7 Å². The highest BCUT2D eigenvalue weighted by Crippen LogP contribution is 2.30. The predicted octanol–water partition coefficient (Wildman–Crippen LogP) is 3.18. The van der Waals surface area contributed by atoms with E-state index >= 15 is 0 Å². The quantitative estimate of drug-likeness (QED) is 0.539. The van der Waals surface area contributed by atoms with Crippen LogP contribution in [0.4, 0.5) is 0 Å². The Morgan fingerprint density at radius 3 is 3.10 bits per heavy atom. The SMILES string of the molecule is C1=C[C@H](c2cccs2)CC1. The first-order chi connectivity index (χ1) is 4.97. The van der Waals surface area contributed by atoms with Gasteiger partial charge in [0, 0.05) is 10.8 Å². The van der Waals surface area contributed by atoms with E-state index in [1.54, 1.807) is 0 Å². The summed E-state index contributed by atoms with van der Waals surface area (Å²) >= 11 is 1.87. The van der Waals surface area contributed by atoms with Crippen molar-refractivity contribution in [1.29, 1.82) is 0 Å². The molecule has 0 fully saturated rings. The molecule has 0 nitrogen and oxygen atoms in total. The van der Waals surface area contributed by atoms with Gasteiger partial charge in [0.25, 0.3) is 0 Å². The Kier molecular flexibility index (Phi) is 1.60.